The third-order valence-corrected chi connectivity index (χ3v) is 1.02. The molecule has 1 rings (SSSR count). The summed E-state index contributed by atoms with van der Waals surface area (Å²) in [6.45, 7) is 1.56. The van der Waals surface area contributed by atoms with E-state index in [0.717, 1.165) is 0 Å². The molecule has 0 aliphatic carbocycles. The molecular weight excluding hydrogens is 115 g/mol. The minimum atomic E-state index is -0.879. The quantitative estimate of drug-likeness (QED) is 0.592. The van der Waals surface area contributed by atoms with Gasteiger partial charge in [-0.05, 0) is 0 Å². The van der Waals surface area contributed by atoms with E-state index in [2.05, 4.69) is 0 Å². The van der Waals surface area contributed by atoms with E-state index in [4.69, 9.17) is 5.11 Å². The van der Waals surface area contributed by atoms with Crippen LogP contribution < -0.4 is 0 Å². The Kier molecular flexibility index (Phi) is 1.63. The van der Waals surface area contributed by atoms with E-state index >= 15 is 0 Å². The molecule has 0 radical (unpaired) electrons. The van der Waals surface area contributed by atoms with Crippen molar-refractivity contribution in [2.24, 2.45) is 0 Å². The Morgan fingerprint density at radius 1 is 1.56 bits per heavy atom. The topological polar surface area (TPSA) is 37.3 Å². The number of hydrogen-bond donors (Lipinski definition) is 1. The van der Waals surface area contributed by atoms with Crippen LogP contribution in [0.4, 0.5) is 0 Å². The van der Waals surface area contributed by atoms with Gasteiger partial charge in [0.05, 0.1) is 0 Å². The minimum absolute atomic E-state index is 0.331. The molecular formula is C6H5BO2. The van der Waals surface area contributed by atoms with Crippen molar-refractivity contribution in [2.45, 2.75) is 0 Å². The zero-order valence-corrected chi connectivity index (χ0v) is 4.74. The van der Waals surface area contributed by atoms with Crippen molar-refractivity contribution in [3.8, 4) is 0 Å². The fourth-order valence-electron chi connectivity index (χ4n) is 0.581. The monoisotopic (exact) mass is 120 g/mol. The Hall–Kier alpha value is -1.12. The molecule has 0 amide bonds. The molecule has 0 aliphatic heterocycles. The van der Waals surface area contributed by atoms with Crippen molar-refractivity contribution in [1.29, 1.82) is 0 Å². The van der Waals surface area contributed by atoms with E-state index in [1.807, 2.05) is 0 Å². The van der Waals surface area contributed by atoms with Crippen LogP contribution in [0.2, 0.25) is 0 Å². The standard InChI is InChI=1S/C6H5BO2/c8-6(9)5-3-1-2-4-7-5/h1-4H,(H,8,9). The van der Waals surface area contributed by atoms with Crippen molar-refractivity contribution in [1.82, 2.24) is 0 Å². The molecule has 9 heavy (non-hydrogen) atoms. The van der Waals surface area contributed by atoms with Gasteiger partial charge in [0.15, 0.2) is 0 Å². The third kappa shape index (κ3) is 1.39. The van der Waals surface area contributed by atoms with E-state index in [1.165, 1.54) is 0 Å². The van der Waals surface area contributed by atoms with Gasteiger partial charge in [-0.1, -0.05) is 0 Å². The number of aromatic carboxylic acids is 1. The zero-order valence-electron chi connectivity index (χ0n) is 4.74. The molecule has 0 fully saturated rings. The Labute approximate surface area is 53.4 Å². The van der Waals surface area contributed by atoms with Gasteiger partial charge >= 0.3 is 52.4 Å². The van der Waals surface area contributed by atoms with Crippen molar-refractivity contribution in [3.63, 3.8) is 0 Å². The van der Waals surface area contributed by atoms with E-state index in [9.17, 15) is 4.79 Å². The fourth-order valence-corrected chi connectivity index (χ4v) is 0.581. The SMILES string of the molecule is O=C(O)c1bcccc1. The van der Waals surface area contributed by atoms with Crippen LogP contribution in [0.5, 0.6) is 0 Å². The first-order chi connectivity index (χ1) is 4.30. The molecule has 44 valence electrons. The van der Waals surface area contributed by atoms with Crippen molar-refractivity contribution >= 4 is 12.9 Å². The zero-order chi connectivity index (χ0) is 6.69. The molecule has 0 saturated heterocycles. The van der Waals surface area contributed by atoms with E-state index < -0.39 is 5.97 Å². The Morgan fingerprint density at radius 2 is 2.33 bits per heavy atom. The average molecular weight is 120 g/mol. The maximum absolute atomic E-state index is 10.2. The Morgan fingerprint density at radius 3 is 2.67 bits per heavy atom. The van der Waals surface area contributed by atoms with Gasteiger partial charge in [-0.3, -0.25) is 0 Å². The first-order valence-corrected chi connectivity index (χ1v) is 2.59. The number of hydrogen-bond acceptors (Lipinski definition) is 1. The number of rotatable bonds is 1. The second-order valence-corrected chi connectivity index (χ2v) is 1.67. The second-order valence-electron chi connectivity index (χ2n) is 1.67. The van der Waals surface area contributed by atoms with Gasteiger partial charge in [0, 0.05) is 0 Å². The van der Waals surface area contributed by atoms with Gasteiger partial charge in [-0.2, -0.15) is 0 Å². The van der Waals surface area contributed by atoms with Crippen LogP contribution in [-0.2, 0) is 0 Å². The first kappa shape index (κ1) is 6.01. The average Bonchev–Trinajstić information content (AvgIpc) is 1.90. The van der Waals surface area contributed by atoms with Crippen LogP contribution in [0, 0.1) is 0 Å². The van der Waals surface area contributed by atoms with Gasteiger partial charge in [-0.25, -0.2) is 0 Å². The second kappa shape index (κ2) is 2.44. The molecule has 0 unspecified atom stereocenters. The van der Waals surface area contributed by atoms with Crippen LogP contribution >= 0.6 is 0 Å². The molecule has 2 nitrogen and oxygen atoms in total. The third-order valence-electron chi connectivity index (χ3n) is 1.02. The van der Waals surface area contributed by atoms with Crippen LogP contribution in [0.1, 0.15) is 10.3 Å². The summed E-state index contributed by atoms with van der Waals surface area (Å²) in [5.74, 6) is 0.819. The molecule has 0 spiro atoms. The molecule has 1 aromatic rings. The fraction of sp³-hybridized carbons (Fsp3) is 0. The maximum atomic E-state index is 10.2. The number of carbonyl (C=O) groups is 1. The van der Waals surface area contributed by atoms with Crippen LogP contribution in [-0.4, -0.2) is 18.0 Å². The van der Waals surface area contributed by atoms with E-state index in [1.54, 1.807) is 31.1 Å². The summed E-state index contributed by atoms with van der Waals surface area (Å²) in [6, 6.07) is 5.04. The summed E-state index contributed by atoms with van der Waals surface area (Å²) in [6.07, 6.45) is 0. The number of carboxylic acids is 1. The van der Waals surface area contributed by atoms with Crippen molar-refractivity contribution in [3.05, 3.63) is 29.6 Å². The van der Waals surface area contributed by atoms with Gasteiger partial charge < -0.3 is 0 Å². The molecule has 0 saturated carbocycles. The van der Waals surface area contributed by atoms with Gasteiger partial charge in [-0.15, -0.1) is 0 Å². The summed E-state index contributed by atoms with van der Waals surface area (Å²) in [5.41, 5.74) is 0.331. The van der Waals surface area contributed by atoms with Crippen LogP contribution in [0.25, 0.3) is 0 Å². The van der Waals surface area contributed by atoms with Crippen molar-refractivity contribution < 1.29 is 9.90 Å². The molecule has 0 atom stereocenters. The molecule has 0 aromatic carbocycles. The Bertz CT molecular complexity index is 208. The summed E-state index contributed by atoms with van der Waals surface area (Å²) < 4.78 is 0. The van der Waals surface area contributed by atoms with Gasteiger partial charge in [0.1, 0.15) is 0 Å². The predicted octanol–water partition coefficient (Wildman–Crippen LogP) is 0.723. The molecule has 0 aliphatic rings. The van der Waals surface area contributed by atoms with E-state index in [-0.39, 0.29) is 0 Å². The summed E-state index contributed by atoms with van der Waals surface area (Å²) in [7, 11) is 0. The summed E-state index contributed by atoms with van der Waals surface area (Å²) in [4.78, 5) is 10.2. The van der Waals surface area contributed by atoms with Crippen LogP contribution in [0.3, 0.4) is 0 Å². The van der Waals surface area contributed by atoms with E-state index in [0.29, 0.717) is 5.46 Å². The molecule has 1 heterocycles. The van der Waals surface area contributed by atoms with Gasteiger partial charge in [0.25, 0.3) is 0 Å². The first-order valence-electron chi connectivity index (χ1n) is 2.59. The Balaban J connectivity index is 2.98. The molecule has 1 aromatic heterocycles. The normalized spacial score (nSPS) is 8.44. The van der Waals surface area contributed by atoms with Crippen molar-refractivity contribution in [2.75, 3.05) is 0 Å². The molecule has 1 N–H and O–H groups in total. The predicted molar refractivity (Wildman–Crippen MR) is 34.7 cm³/mol. The molecule has 3 heteroatoms. The summed E-state index contributed by atoms with van der Waals surface area (Å²) in [5, 5.41) is 8.38. The van der Waals surface area contributed by atoms with Gasteiger partial charge in [0.2, 0.25) is 0 Å². The van der Waals surface area contributed by atoms with Crippen LogP contribution in [0.15, 0.2) is 24.2 Å². The summed E-state index contributed by atoms with van der Waals surface area (Å²) >= 11 is 0. The number of carboxylic acid groups (broad SMARTS) is 1. The molecule has 0 bridgehead atoms.